The van der Waals surface area contributed by atoms with Crippen molar-refractivity contribution in [1.29, 1.82) is 0 Å². The Bertz CT molecular complexity index is 1640. The number of hydrogen-bond acceptors (Lipinski definition) is 30. The van der Waals surface area contributed by atoms with Crippen LogP contribution in [0, 0.1) is 5.92 Å². The summed E-state index contributed by atoms with van der Waals surface area (Å²) in [5.41, 5.74) is 47.1. The van der Waals surface area contributed by atoms with Crippen molar-refractivity contribution in [3.63, 3.8) is 0 Å². The van der Waals surface area contributed by atoms with Gasteiger partial charge in [-0.05, 0) is 45.6 Å². The Morgan fingerprint density at radius 3 is 1.27 bits per heavy atom. The number of carbonyl (C=O) groups is 1. The van der Waals surface area contributed by atoms with Crippen LogP contribution in [-0.4, -0.2) is 275 Å². The Morgan fingerprint density at radius 2 is 0.887 bits per heavy atom. The molecule has 30 nitrogen and oxygen atoms in total. The Hall–Kier alpha value is -1.49. The van der Waals surface area contributed by atoms with E-state index in [9.17, 15) is 71.2 Å². The largest absolute Gasteiger partial charge is 0.391 e. The van der Waals surface area contributed by atoms with E-state index in [0.29, 0.717) is 0 Å². The molecule has 0 bridgehead atoms. The van der Waals surface area contributed by atoms with Gasteiger partial charge in [-0.2, -0.15) is 0 Å². The monoisotopic (exact) mass is 1040 g/mol. The zero-order valence-electron chi connectivity index (χ0n) is 39.5. The SMILES string of the molecule is C[C@@H](O)C1O[C@H](O[C@@H]2C(N)C[C@@H](CC(=O)[C@@H](O)CCN)[C@@H](O)C2O[C@@H]2O[C@H](CN)[C@H](O)C2O)[C@@H](N)C(O)[C@@H]1O.C[C@@H](O)C1O[C@H](O[C@@H]2C(N)C[C@@H](N)[C@@H](O)C2O[C@@H]2O[C@H](CN)[C@H](O)C2O)[C@@H](N)C(O)[C@@H]1O. The Labute approximate surface area is 408 Å². The van der Waals surface area contributed by atoms with Gasteiger partial charge in [-0.3, -0.25) is 4.79 Å². The molecule has 0 radical (unpaired) electrons. The number of aliphatic hydroxyl groups is 13. The molecular weight excluding hydrogens is 956 g/mol. The summed E-state index contributed by atoms with van der Waals surface area (Å²) in [7, 11) is 0. The van der Waals surface area contributed by atoms with E-state index in [1.54, 1.807) is 0 Å². The summed E-state index contributed by atoms with van der Waals surface area (Å²) >= 11 is 0. The van der Waals surface area contributed by atoms with Crippen LogP contribution in [-0.2, 0) is 42.7 Å². The van der Waals surface area contributed by atoms with Crippen molar-refractivity contribution in [3.8, 4) is 0 Å². The molecule has 6 rings (SSSR count). The molecule has 4 heterocycles. The van der Waals surface area contributed by atoms with Gasteiger partial charge in [-0.1, -0.05) is 0 Å². The van der Waals surface area contributed by atoms with Gasteiger partial charge in [0.25, 0.3) is 0 Å². The van der Waals surface area contributed by atoms with E-state index in [1.165, 1.54) is 13.8 Å². The third kappa shape index (κ3) is 13.6. The average Bonchev–Trinajstić information content (AvgIpc) is 3.76. The Morgan fingerprint density at radius 1 is 0.493 bits per heavy atom. The summed E-state index contributed by atoms with van der Waals surface area (Å²) in [4.78, 5) is 12.5. The minimum Gasteiger partial charge on any atom is -0.391 e. The predicted octanol–water partition coefficient (Wildman–Crippen LogP) is -12.6. The summed E-state index contributed by atoms with van der Waals surface area (Å²) in [6.45, 7) is 2.59. The fourth-order valence-electron chi connectivity index (χ4n) is 9.71. The minimum absolute atomic E-state index is 0.0296. The molecule has 2 aliphatic carbocycles. The molecule has 6 fully saturated rings. The molecule has 0 aromatic carbocycles. The third-order valence-corrected chi connectivity index (χ3v) is 14.1. The third-order valence-electron chi connectivity index (χ3n) is 14.1. The zero-order valence-corrected chi connectivity index (χ0v) is 39.5. The van der Waals surface area contributed by atoms with Crippen LogP contribution < -0.4 is 45.9 Å². The van der Waals surface area contributed by atoms with Crippen molar-refractivity contribution < 1.29 is 109 Å². The second kappa shape index (κ2) is 26.0. The first-order valence-electron chi connectivity index (χ1n) is 23.8. The van der Waals surface area contributed by atoms with Crippen LogP contribution in [0.2, 0.25) is 0 Å². The first kappa shape index (κ1) is 60.4. The van der Waals surface area contributed by atoms with E-state index in [4.69, 9.17) is 83.8 Å². The molecular formula is C41H80N8O22. The molecule has 6 aliphatic rings. The van der Waals surface area contributed by atoms with E-state index >= 15 is 0 Å². The van der Waals surface area contributed by atoms with Crippen molar-refractivity contribution in [1.82, 2.24) is 0 Å². The first-order valence-corrected chi connectivity index (χ1v) is 23.8. The number of carbonyl (C=O) groups excluding carboxylic acids is 1. The molecule has 4 aliphatic heterocycles. The number of nitrogens with two attached hydrogens (primary N) is 8. The molecule has 0 aromatic rings. The number of rotatable bonds is 17. The molecule has 30 heteroatoms. The lowest BCUT2D eigenvalue weighted by atomic mass is 9.76. The van der Waals surface area contributed by atoms with Crippen LogP contribution in [0.4, 0.5) is 0 Å². The standard InChI is InChI=1S/C23H44N4O12.C18H36N4O10/c1-7(28)19-17(34)16(33)13(27)22(37-19)38-20-9(26)4-8(5-11(30)10(29)2-3-24)14(31)21(20)39-23-18(35)15(32)12(6-25)36-23;1-4(23)14-12(27)11(26)8(22)17(30-14)31-15-6(21)2-5(20)9(24)16(15)32-18-13(28)10(25)7(3-19)29-18/h7-10,12-23,28-29,31-35H,2-6,24-27H2,1H3;4-18,23-28H,2-3,19-22H2,1H3/t7-,8+,9?,10+,12-,13+,14-,15+,16?,17+,18?,19?,20-,21?,22-,23+;4-,5-,6?,7-,8+,9-,10+,11?,12+,13?,14?,15-,16?,17-,18+/m11/s1. The van der Waals surface area contributed by atoms with Crippen molar-refractivity contribution in [2.24, 2.45) is 51.8 Å². The van der Waals surface area contributed by atoms with E-state index in [2.05, 4.69) is 0 Å². The number of Topliss-reactive ketones (excluding diaryl/α,β-unsaturated/α-hetero) is 1. The molecule has 0 amide bonds. The average molecular weight is 1040 g/mol. The predicted molar refractivity (Wildman–Crippen MR) is 238 cm³/mol. The fraction of sp³-hybridized carbons (Fsp3) is 0.976. The van der Waals surface area contributed by atoms with Crippen LogP contribution in [0.25, 0.3) is 0 Å². The molecule has 71 heavy (non-hydrogen) atoms. The maximum Gasteiger partial charge on any atom is 0.187 e. The lowest BCUT2D eigenvalue weighted by Gasteiger charge is -2.48. The molecule has 2 saturated carbocycles. The van der Waals surface area contributed by atoms with E-state index in [-0.39, 0.29) is 45.3 Å². The molecule has 10 unspecified atom stereocenters. The van der Waals surface area contributed by atoms with Crippen LogP contribution in [0.5, 0.6) is 0 Å². The lowest BCUT2D eigenvalue weighted by Crippen LogP contribution is -2.68. The maximum absolute atomic E-state index is 12.5. The Balaban J connectivity index is 0.000000269. The summed E-state index contributed by atoms with van der Waals surface area (Å²) in [5, 5.41) is 134. The van der Waals surface area contributed by atoms with Gasteiger partial charge in [0.05, 0.1) is 36.5 Å². The van der Waals surface area contributed by atoms with Gasteiger partial charge < -0.3 is 150 Å². The van der Waals surface area contributed by atoms with Crippen molar-refractivity contribution in [2.45, 2.75) is 223 Å². The molecule has 4 saturated heterocycles. The molecule has 31 atom stereocenters. The van der Waals surface area contributed by atoms with Gasteiger partial charge in [0.1, 0.15) is 104 Å². The van der Waals surface area contributed by atoms with Gasteiger partial charge >= 0.3 is 0 Å². The molecule has 29 N–H and O–H groups in total. The molecule has 0 spiro atoms. The van der Waals surface area contributed by atoms with Crippen LogP contribution in [0.3, 0.4) is 0 Å². The van der Waals surface area contributed by atoms with Crippen LogP contribution in [0.1, 0.15) is 39.5 Å². The van der Waals surface area contributed by atoms with Gasteiger partial charge in [-0.15, -0.1) is 0 Å². The maximum atomic E-state index is 12.5. The minimum atomic E-state index is -1.54. The van der Waals surface area contributed by atoms with Crippen LogP contribution in [0.15, 0.2) is 0 Å². The highest BCUT2D eigenvalue weighted by atomic mass is 16.8. The smallest absolute Gasteiger partial charge is 0.187 e. The van der Waals surface area contributed by atoms with Crippen LogP contribution >= 0.6 is 0 Å². The molecule has 416 valence electrons. The quantitative estimate of drug-likeness (QED) is 0.0643. The van der Waals surface area contributed by atoms with Crippen molar-refractivity contribution in [2.75, 3.05) is 19.6 Å². The van der Waals surface area contributed by atoms with E-state index < -0.39 is 195 Å². The summed E-state index contributed by atoms with van der Waals surface area (Å²) in [6.07, 6.45) is -32.9. The highest BCUT2D eigenvalue weighted by Gasteiger charge is 2.55. The Kier molecular flexibility index (Phi) is 22.1. The topological polar surface area (TPSA) is 562 Å². The number of aliphatic hydroxyl groups excluding tert-OH is 13. The van der Waals surface area contributed by atoms with Crippen molar-refractivity contribution in [3.05, 3.63) is 0 Å². The summed E-state index contributed by atoms with van der Waals surface area (Å²) in [5.74, 6) is -1.36. The number of ether oxygens (including phenoxy) is 8. The van der Waals surface area contributed by atoms with E-state index in [0.717, 1.165) is 0 Å². The first-order chi connectivity index (χ1) is 33.3. The number of hydrogen-bond donors (Lipinski definition) is 21. The fourth-order valence-corrected chi connectivity index (χ4v) is 9.71. The number of ketones is 1. The second-order valence-corrected chi connectivity index (χ2v) is 19.4. The van der Waals surface area contributed by atoms with E-state index in [1.807, 2.05) is 0 Å². The van der Waals surface area contributed by atoms with Gasteiger partial charge in [0, 0.05) is 37.6 Å². The zero-order chi connectivity index (χ0) is 53.1. The van der Waals surface area contributed by atoms with Gasteiger partial charge in [0.15, 0.2) is 30.9 Å². The summed E-state index contributed by atoms with van der Waals surface area (Å²) < 4.78 is 45.7. The lowest BCUT2D eigenvalue weighted by molar-refractivity contribution is -0.317. The molecule has 0 aromatic heterocycles. The second-order valence-electron chi connectivity index (χ2n) is 19.4. The van der Waals surface area contributed by atoms with Crippen molar-refractivity contribution >= 4 is 5.78 Å². The van der Waals surface area contributed by atoms with Gasteiger partial charge in [-0.25, -0.2) is 0 Å². The highest BCUT2D eigenvalue weighted by molar-refractivity contribution is 5.83. The normalized spacial score (nSPS) is 49.7. The highest BCUT2D eigenvalue weighted by Crippen LogP contribution is 2.37. The summed E-state index contributed by atoms with van der Waals surface area (Å²) in [6, 6.07) is -5.00. The van der Waals surface area contributed by atoms with Gasteiger partial charge in [0.2, 0.25) is 0 Å².